The highest BCUT2D eigenvalue weighted by atomic mass is 32.1. The number of para-hydroxylation sites is 2. The van der Waals surface area contributed by atoms with Crippen LogP contribution in [0.4, 0.5) is 10.8 Å². The summed E-state index contributed by atoms with van der Waals surface area (Å²) in [6, 6.07) is 8.03. The molecule has 0 aliphatic heterocycles. The molecule has 0 atom stereocenters. The second-order valence-corrected chi connectivity index (χ2v) is 5.66. The molecule has 1 aromatic heterocycles. The average molecular weight is 305 g/mol. The van der Waals surface area contributed by atoms with Crippen molar-refractivity contribution in [2.45, 2.75) is 27.3 Å². The van der Waals surface area contributed by atoms with Crippen LogP contribution in [0.1, 0.15) is 25.6 Å². The number of hydrogen-bond donors (Lipinski definition) is 1. The van der Waals surface area contributed by atoms with Crippen LogP contribution >= 0.6 is 11.3 Å². The summed E-state index contributed by atoms with van der Waals surface area (Å²) in [7, 11) is 0. The van der Waals surface area contributed by atoms with Gasteiger partial charge in [-0.2, -0.15) is 0 Å². The van der Waals surface area contributed by atoms with Gasteiger partial charge in [-0.3, -0.25) is 0 Å². The molecule has 0 aliphatic rings. The Hall–Kier alpha value is -1.75. The Labute approximate surface area is 130 Å². The number of thiazole rings is 1. The van der Waals surface area contributed by atoms with Gasteiger partial charge in [0.05, 0.1) is 18.8 Å². The quantitative estimate of drug-likeness (QED) is 0.800. The number of nitrogens with one attached hydrogen (secondary N) is 1. The monoisotopic (exact) mass is 305 g/mol. The van der Waals surface area contributed by atoms with Gasteiger partial charge in [-0.1, -0.05) is 12.1 Å². The molecule has 2 aromatic rings. The van der Waals surface area contributed by atoms with Gasteiger partial charge in [0.25, 0.3) is 0 Å². The van der Waals surface area contributed by atoms with Crippen LogP contribution in [0.25, 0.3) is 0 Å². The number of anilines is 2. The van der Waals surface area contributed by atoms with Gasteiger partial charge in [-0.15, -0.1) is 11.3 Å². The Bertz CT molecular complexity index is 552. The smallest absolute Gasteiger partial charge is 0.185 e. The molecule has 0 saturated carbocycles. The van der Waals surface area contributed by atoms with Crippen molar-refractivity contribution in [3.05, 3.63) is 35.3 Å². The van der Waals surface area contributed by atoms with E-state index < -0.39 is 0 Å². The zero-order valence-electron chi connectivity index (χ0n) is 12.9. The lowest BCUT2D eigenvalue weighted by Gasteiger charge is -2.16. The molecule has 0 bridgehead atoms. The minimum absolute atomic E-state index is 0.672. The van der Waals surface area contributed by atoms with Gasteiger partial charge in [0.2, 0.25) is 0 Å². The Morgan fingerprint density at radius 3 is 2.67 bits per heavy atom. The van der Waals surface area contributed by atoms with Crippen molar-refractivity contribution in [1.29, 1.82) is 0 Å². The maximum atomic E-state index is 5.62. The van der Waals surface area contributed by atoms with Crippen LogP contribution in [0.15, 0.2) is 30.5 Å². The SMILES string of the molecule is CCOc1ccccc1NCc1cnc(N(CC)CC)s1. The van der Waals surface area contributed by atoms with Gasteiger partial charge in [0.15, 0.2) is 5.13 Å². The molecule has 0 radical (unpaired) electrons. The predicted molar refractivity (Wildman–Crippen MR) is 90.6 cm³/mol. The van der Waals surface area contributed by atoms with E-state index in [1.54, 1.807) is 11.3 Å². The minimum atomic E-state index is 0.672. The van der Waals surface area contributed by atoms with Crippen molar-refractivity contribution in [2.75, 3.05) is 29.9 Å². The zero-order valence-corrected chi connectivity index (χ0v) is 13.7. The van der Waals surface area contributed by atoms with Crippen molar-refractivity contribution in [1.82, 2.24) is 4.98 Å². The Balaban J connectivity index is 2.00. The molecule has 21 heavy (non-hydrogen) atoms. The molecule has 0 saturated heterocycles. The summed E-state index contributed by atoms with van der Waals surface area (Å²) in [6.45, 7) is 9.72. The average Bonchev–Trinajstić information content (AvgIpc) is 2.97. The van der Waals surface area contributed by atoms with E-state index in [-0.39, 0.29) is 0 Å². The first kappa shape index (κ1) is 15.6. The standard InChI is InChI=1S/C16H23N3OS/c1-4-19(5-2)16-18-12-13(21-16)11-17-14-9-7-8-10-15(14)20-6-3/h7-10,12,17H,4-6,11H2,1-3H3. The molecule has 1 aromatic carbocycles. The Morgan fingerprint density at radius 2 is 1.95 bits per heavy atom. The molecular formula is C16H23N3OS. The van der Waals surface area contributed by atoms with E-state index >= 15 is 0 Å². The molecule has 4 nitrogen and oxygen atoms in total. The highest BCUT2D eigenvalue weighted by Crippen LogP contribution is 2.26. The first-order chi connectivity index (χ1) is 10.3. The van der Waals surface area contributed by atoms with Crippen LogP contribution in [0.3, 0.4) is 0 Å². The fraction of sp³-hybridized carbons (Fsp3) is 0.438. The number of aromatic nitrogens is 1. The number of benzene rings is 1. The summed E-state index contributed by atoms with van der Waals surface area (Å²) in [6.07, 6.45) is 1.95. The van der Waals surface area contributed by atoms with E-state index in [1.165, 1.54) is 4.88 Å². The zero-order chi connectivity index (χ0) is 15.1. The van der Waals surface area contributed by atoms with Crippen LogP contribution in [-0.4, -0.2) is 24.7 Å². The van der Waals surface area contributed by atoms with E-state index in [9.17, 15) is 0 Å². The predicted octanol–water partition coefficient (Wildman–Crippen LogP) is 4.00. The van der Waals surface area contributed by atoms with Crippen LogP contribution in [0.2, 0.25) is 0 Å². The third-order valence-electron chi connectivity index (χ3n) is 3.22. The molecule has 114 valence electrons. The van der Waals surface area contributed by atoms with E-state index in [0.29, 0.717) is 6.61 Å². The van der Waals surface area contributed by atoms with Crippen molar-refractivity contribution in [3.63, 3.8) is 0 Å². The molecular weight excluding hydrogens is 282 g/mol. The molecule has 5 heteroatoms. The number of nitrogens with zero attached hydrogens (tertiary/aromatic N) is 2. The van der Waals surface area contributed by atoms with E-state index in [1.807, 2.05) is 37.4 Å². The highest BCUT2D eigenvalue weighted by Gasteiger charge is 2.08. The molecule has 0 unspecified atom stereocenters. The summed E-state index contributed by atoms with van der Waals surface area (Å²) in [4.78, 5) is 7.99. The van der Waals surface area contributed by atoms with Crippen molar-refractivity contribution in [2.24, 2.45) is 0 Å². The first-order valence-electron chi connectivity index (χ1n) is 7.43. The molecule has 0 aliphatic carbocycles. The summed E-state index contributed by atoms with van der Waals surface area (Å²) in [5, 5.41) is 4.52. The summed E-state index contributed by atoms with van der Waals surface area (Å²) >= 11 is 1.74. The fourth-order valence-electron chi connectivity index (χ4n) is 2.10. The largest absolute Gasteiger partial charge is 0.492 e. The summed E-state index contributed by atoms with van der Waals surface area (Å²) in [5.74, 6) is 0.897. The fourth-order valence-corrected chi connectivity index (χ4v) is 3.07. The third-order valence-corrected chi connectivity index (χ3v) is 4.27. The van der Waals surface area contributed by atoms with E-state index in [2.05, 4.69) is 29.0 Å². The van der Waals surface area contributed by atoms with E-state index in [4.69, 9.17) is 4.74 Å². The first-order valence-corrected chi connectivity index (χ1v) is 8.25. The minimum Gasteiger partial charge on any atom is -0.492 e. The topological polar surface area (TPSA) is 37.4 Å². The second-order valence-electron chi connectivity index (χ2n) is 4.56. The summed E-state index contributed by atoms with van der Waals surface area (Å²) < 4.78 is 5.62. The summed E-state index contributed by atoms with van der Waals surface area (Å²) in [5.41, 5.74) is 1.03. The van der Waals surface area contributed by atoms with Gasteiger partial charge in [-0.25, -0.2) is 4.98 Å². The maximum Gasteiger partial charge on any atom is 0.185 e. The van der Waals surface area contributed by atoms with Crippen LogP contribution in [-0.2, 0) is 6.54 Å². The highest BCUT2D eigenvalue weighted by molar-refractivity contribution is 7.15. The number of rotatable bonds is 8. The van der Waals surface area contributed by atoms with Gasteiger partial charge in [0, 0.05) is 24.2 Å². The molecule has 0 fully saturated rings. The lowest BCUT2D eigenvalue weighted by molar-refractivity contribution is 0.341. The molecule has 1 heterocycles. The van der Waals surface area contributed by atoms with Crippen molar-refractivity contribution < 1.29 is 4.74 Å². The second kappa shape index (κ2) is 7.88. The number of hydrogen-bond acceptors (Lipinski definition) is 5. The normalized spacial score (nSPS) is 10.4. The molecule has 0 amide bonds. The van der Waals surface area contributed by atoms with Gasteiger partial charge in [0.1, 0.15) is 5.75 Å². The van der Waals surface area contributed by atoms with Gasteiger partial charge >= 0.3 is 0 Å². The molecule has 0 spiro atoms. The number of ether oxygens (including phenoxy) is 1. The Morgan fingerprint density at radius 1 is 1.19 bits per heavy atom. The van der Waals surface area contributed by atoms with Gasteiger partial charge < -0.3 is 15.0 Å². The van der Waals surface area contributed by atoms with Crippen LogP contribution in [0.5, 0.6) is 5.75 Å². The third kappa shape index (κ3) is 4.11. The maximum absolute atomic E-state index is 5.62. The molecule has 2 rings (SSSR count). The van der Waals surface area contributed by atoms with Crippen molar-refractivity contribution in [3.8, 4) is 5.75 Å². The van der Waals surface area contributed by atoms with Crippen LogP contribution < -0.4 is 15.0 Å². The van der Waals surface area contributed by atoms with Gasteiger partial charge in [-0.05, 0) is 32.9 Å². The lowest BCUT2D eigenvalue weighted by atomic mass is 10.3. The Kier molecular flexibility index (Phi) is 5.87. The lowest BCUT2D eigenvalue weighted by Crippen LogP contribution is -2.21. The molecule has 1 N–H and O–H groups in total. The van der Waals surface area contributed by atoms with Crippen LogP contribution in [0, 0.1) is 0 Å². The van der Waals surface area contributed by atoms with E-state index in [0.717, 1.165) is 36.2 Å². The van der Waals surface area contributed by atoms with Crippen molar-refractivity contribution >= 4 is 22.2 Å².